The van der Waals surface area contributed by atoms with Crippen LogP contribution in [0.15, 0.2) is 120 Å². The van der Waals surface area contributed by atoms with Crippen molar-refractivity contribution in [2.24, 2.45) is 12.0 Å². The number of ether oxygens (including phenoxy) is 2. The van der Waals surface area contributed by atoms with Crippen molar-refractivity contribution in [3.63, 3.8) is 0 Å². The van der Waals surface area contributed by atoms with Gasteiger partial charge in [-0.2, -0.15) is 0 Å². The summed E-state index contributed by atoms with van der Waals surface area (Å²) in [5.41, 5.74) is 8.67. The van der Waals surface area contributed by atoms with Crippen LogP contribution in [0.3, 0.4) is 0 Å². The van der Waals surface area contributed by atoms with Crippen molar-refractivity contribution in [2.75, 3.05) is 36.2 Å². The number of pyridine rings is 2. The Hall–Kier alpha value is -7.69. The maximum absolute atomic E-state index is 13.9. The second-order valence-electron chi connectivity index (χ2n) is 16.2. The van der Waals surface area contributed by atoms with Crippen LogP contribution in [-0.4, -0.2) is 75.6 Å². The Bertz CT molecular complexity index is 3070. The summed E-state index contributed by atoms with van der Waals surface area (Å²) in [7, 11) is 3.24. The molecule has 0 saturated carbocycles. The second kappa shape index (κ2) is 19.4. The monoisotopic (exact) mass is 930 g/mol. The third kappa shape index (κ3) is 9.81. The van der Waals surface area contributed by atoms with Gasteiger partial charge in [0.25, 0.3) is 17.7 Å². The Labute approximate surface area is 395 Å². The maximum atomic E-state index is 13.9. The molecule has 7 aromatic rings. The minimum Gasteiger partial charge on any atom is -0.493 e. The van der Waals surface area contributed by atoms with Crippen molar-refractivity contribution in [1.82, 2.24) is 19.4 Å². The third-order valence-electron chi connectivity index (χ3n) is 11.5. The first-order valence-electron chi connectivity index (χ1n) is 21.6. The Balaban J connectivity index is 0.762. The number of nitrogens with zero attached hydrogens (tertiary/aromatic N) is 5. The second-order valence-corrected chi connectivity index (χ2v) is 18.2. The number of rotatable bonds is 14. The van der Waals surface area contributed by atoms with Crippen LogP contribution in [0.25, 0.3) is 26.7 Å². The first kappa shape index (κ1) is 44.5. The summed E-state index contributed by atoms with van der Waals surface area (Å²) >= 11 is 3.02. The first-order chi connectivity index (χ1) is 32.5. The Morgan fingerprint density at radius 3 is 2.43 bits per heavy atom. The number of aryl methyl sites for hydroxylation is 3. The number of nitrogens with one attached hydrogen (secondary N) is 3. The smallest absolute Gasteiger partial charge is 0.272 e. The summed E-state index contributed by atoms with van der Waals surface area (Å²) in [5, 5.41) is 10.7. The van der Waals surface area contributed by atoms with E-state index in [9.17, 15) is 19.2 Å². The zero-order valence-corrected chi connectivity index (χ0v) is 38.8. The number of hydrogen-bond donors (Lipinski definition) is 3. The lowest BCUT2D eigenvalue weighted by Gasteiger charge is -2.32. The van der Waals surface area contributed by atoms with Crippen LogP contribution in [0.2, 0.25) is 0 Å². The lowest BCUT2D eigenvalue weighted by Crippen LogP contribution is -2.43. The molecular weight excluding hydrogens is 885 g/mol. The molecule has 67 heavy (non-hydrogen) atoms. The standard InChI is InChI=1S/C51H46N8O6S2/c1-30-20-33(26-54-47(30)44-12-9-19-66-44)32-16-17-59-37(22-32)28-53-40-25-43(42(64-4)24-38(40)51(59)63)65-18-8-13-46(60)55-36-23-41(58(3)29-36)49(61)57-35-14-15-39(52-27-35)45-21-31(2)48(67-45)50(62)56-34-10-6-5-7-11-34/h5-7,9-12,14-16,19-21,23-29,37H,8,13,17-18,22H2,1-4H3,(H,55,60)(H,56,62)(H,57,61)/t37-/m0/s1. The summed E-state index contributed by atoms with van der Waals surface area (Å²) in [6.07, 6.45) is 10.2. The van der Waals surface area contributed by atoms with E-state index >= 15 is 0 Å². The average molecular weight is 931 g/mol. The van der Waals surface area contributed by atoms with Crippen LogP contribution < -0.4 is 25.4 Å². The summed E-state index contributed by atoms with van der Waals surface area (Å²) in [4.78, 5) is 71.6. The molecule has 0 aliphatic carbocycles. The van der Waals surface area contributed by atoms with Gasteiger partial charge >= 0.3 is 0 Å². The van der Waals surface area contributed by atoms with E-state index in [2.05, 4.69) is 46.1 Å². The Kier molecular flexibility index (Phi) is 12.9. The van der Waals surface area contributed by atoms with E-state index in [0.29, 0.717) is 69.8 Å². The van der Waals surface area contributed by atoms with Crippen molar-refractivity contribution in [2.45, 2.75) is 39.2 Å². The first-order valence-corrected chi connectivity index (χ1v) is 23.3. The summed E-state index contributed by atoms with van der Waals surface area (Å²) < 4.78 is 13.4. The van der Waals surface area contributed by atoms with Gasteiger partial charge in [-0.25, -0.2) is 0 Å². The van der Waals surface area contributed by atoms with Crippen LogP contribution in [0.1, 0.15) is 66.5 Å². The van der Waals surface area contributed by atoms with Gasteiger partial charge < -0.3 is 34.9 Å². The molecule has 7 heterocycles. The van der Waals surface area contributed by atoms with E-state index < -0.39 is 0 Å². The van der Waals surface area contributed by atoms with Crippen LogP contribution in [0, 0.1) is 13.8 Å². The molecule has 338 valence electrons. The van der Waals surface area contributed by atoms with Gasteiger partial charge in [0.15, 0.2) is 11.5 Å². The lowest BCUT2D eigenvalue weighted by atomic mass is 9.94. The fraction of sp³-hybridized carbons (Fsp3) is 0.196. The quantitative estimate of drug-likeness (QED) is 0.0906. The number of benzene rings is 2. The molecule has 9 rings (SSSR count). The van der Waals surface area contributed by atoms with Gasteiger partial charge in [0.1, 0.15) is 5.69 Å². The topological polar surface area (TPSA) is 169 Å². The summed E-state index contributed by atoms with van der Waals surface area (Å²) in [6.45, 7) is 4.59. The van der Waals surface area contributed by atoms with E-state index in [1.807, 2.05) is 72.1 Å². The molecular formula is C51H46N8O6S2. The summed E-state index contributed by atoms with van der Waals surface area (Å²) in [5.74, 6) is -0.139. The zero-order chi connectivity index (χ0) is 46.6. The maximum Gasteiger partial charge on any atom is 0.272 e. The van der Waals surface area contributed by atoms with E-state index in [4.69, 9.17) is 19.5 Å². The van der Waals surface area contributed by atoms with Gasteiger partial charge in [-0.1, -0.05) is 30.3 Å². The molecule has 2 aliphatic rings. The predicted octanol–water partition coefficient (Wildman–Crippen LogP) is 10.2. The number of aliphatic imine (C=N–C) groups is 1. The molecule has 2 aromatic carbocycles. The number of thiophene rings is 2. The van der Waals surface area contributed by atoms with Crippen molar-refractivity contribution in [3.05, 3.63) is 148 Å². The van der Waals surface area contributed by atoms with Crippen LogP contribution in [0.4, 0.5) is 22.7 Å². The van der Waals surface area contributed by atoms with Gasteiger partial charge in [0, 0.05) is 50.4 Å². The highest BCUT2D eigenvalue weighted by atomic mass is 32.1. The molecule has 0 fully saturated rings. The van der Waals surface area contributed by atoms with Gasteiger partial charge in [0.05, 0.1) is 74.6 Å². The number of anilines is 3. The Morgan fingerprint density at radius 1 is 0.836 bits per heavy atom. The fourth-order valence-electron chi connectivity index (χ4n) is 8.06. The van der Waals surface area contributed by atoms with Gasteiger partial charge in [-0.3, -0.25) is 34.1 Å². The normalized spacial score (nSPS) is 14.1. The minimum atomic E-state index is -0.376. The SMILES string of the molecule is COc1cc2c(cc1OCCCC(=O)Nc1cc(C(=O)Nc3ccc(-c4cc(C)c(C(=O)Nc5ccccc5)s4)nc3)n(C)c1)N=C[C@@H]1CC(c3cnc(-c4cccs4)c(C)c3)=CCN1C2=O. The molecule has 0 saturated heterocycles. The van der Waals surface area contributed by atoms with Crippen molar-refractivity contribution in [1.29, 1.82) is 0 Å². The number of aromatic nitrogens is 3. The number of para-hydroxylation sites is 1. The van der Waals surface area contributed by atoms with Gasteiger partial charge in [-0.05, 0) is 109 Å². The van der Waals surface area contributed by atoms with E-state index in [0.717, 1.165) is 43.4 Å². The number of methoxy groups -OCH3 is 1. The van der Waals surface area contributed by atoms with E-state index in [-0.39, 0.29) is 42.7 Å². The van der Waals surface area contributed by atoms with Crippen LogP contribution in [0.5, 0.6) is 11.5 Å². The fourth-order valence-corrected chi connectivity index (χ4v) is 9.89. The largest absolute Gasteiger partial charge is 0.493 e. The van der Waals surface area contributed by atoms with Gasteiger partial charge in [0.2, 0.25) is 5.91 Å². The number of carbonyl (C=O) groups is 4. The molecule has 5 aromatic heterocycles. The van der Waals surface area contributed by atoms with Crippen molar-refractivity contribution < 1.29 is 28.7 Å². The average Bonchev–Trinajstić information content (AvgIpc) is 4.08. The van der Waals surface area contributed by atoms with Crippen molar-refractivity contribution in [3.8, 4) is 32.6 Å². The third-order valence-corrected chi connectivity index (χ3v) is 13.6. The number of hydrogen-bond acceptors (Lipinski definition) is 11. The molecule has 0 radical (unpaired) electrons. The predicted molar refractivity (Wildman–Crippen MR) is 264 cm³/mol. The van der Waals surface area contributed by atoms with E-state index in [1.54, 1.807) is 65.7 Å². The molecule has 0 bridgehead atoms. The highest BCUT2D eigenvalue weighted by molar-refractivity contribution is 7.17. The molecule has 3 N–H and O–H groups in total. The number of fused-ring (bicyclic) bond motifs is 2. The molecule has 4 amide bonds. The summed E-state index contributed by atoms with van der Waals surface area (Å²) in [6, 6.07) is 25.8. The molecule has 0 unspecified atom stereocenters. The van der Waals surface area contributed by atoms with Crippen LogP contribution in [-0.2, 0) is 11.8 Å². The number of amides is 4. The minimum absolute atomic E-state index is 0.142. The molecule has 16 heteroatoms. The van der Waals surface area contributed by atoms with Crippen LogP contribution >= 0.6 is 22.7 Å². The Morgan fingerprint density at radius 2 is 1.67 bits per heavy atom. The zero-order valence-electron chi connectivity index (χ0n) is 37.2. The lowest BCUT2D eigenvalue weighted by molar-refractivity contribution is -0.116. The molecule has 1 atom stereocenters. The molecule has 14 nitrogen and oxygen atoms in total. The van der Waals surface area contributed by atoms with E-state index in [1.165, 1.54) is 18.4 Å². The number of carbonyl (C=O) groups excluding carboxylic acids is 4. The highest BCUT2D eigenvalue weighted by Crippen LogP contribution is 2.39. The highest BCUT2D eigenvalue weighted by Gasteiger charge is 2.32. The van der Waals surface area contributed by atoms with Gasteiger partial charge in [-0.15, -0.1) is 22.7 Å². The van der Waals surface area contributed by atoms with Crippen molar-refractivity contribution >= 4 is 80.8 Å². The molecule has 2 aliphatic heterocycles. The molecule has 0 spiro atoms.